The first-order valence-electron chi connectivity index (χ1n) is 12.0. The number of likely N-dealkylation sites (tertiary alicyclic amines) is 1. The highest BCUT2D eigenvalue weighted by Crippen LogP contribution is 2.31. The normalized spacial score (nSPS) is 14.2. The van der Waals surface area contributed by atoms with Gasteiger partial charge in [0.25, 0.3) is 11.8 Å². The van der Waals surface area contributed by atoms with Crippen molar-refractivity contribution in [1.82, 2.24) is 15.2 Å². The molecule has 0 spiro atoms. The molecule has 0 bridgehead atoms. The number of benzene rings is 2. The van der Waals surface area contributed by atoms with E-state index in [2.05, 4.69) is 34.1 Å². The number of anilines is 1. The fraction of sp³-hybridized carbons (Fsp3) is 0.286. The molecule has 2 aromatic carbocycles. The van der Waals surface area contributed by atoms with Gasteiger partial charge in [-0.05, 0) is 68.5 Å². The third-order valence-electron chi connectivity index (χ3n) is 6.59. The number of aromatic nitrogens is 1. The molecule has 0 saturated carbocycles. The molecular weight excluding hydrogens is 452 g/mol. The van der Waals surface area contributed by atoms with Crippen molar-refractivity contribution in [3.63, 3.8) is 0 Å². The van der Waals surface area contributed by atoms with Crippen LogP contribution in [0.25, 0.3) is 22.0 Å². The lowest BCUT2D eigenvalue weighted by atomic mass is 9.97. The number of nitrogens with zero attached hydrogens (tertiary/aromatic N) is 3. The zero-order valence-electron chi connectivity index (χ0n) is 20.4. The second kappa shape index (κ2) is 11.0. The smallest absolute Gasteiger partial charge is 0.269 e. The maximum Gasteiger partial charge on any atom is 0.269 e. The average molecular weight is 483 g/mol. The van der Waals surface area contributed by atoms with Gasteiger partial charge in [-0.25, -0.2) is 4.98 Å². The summed E-state index contributed by atoms with van der Waals surface area (Å²) in [6, 6.07) is 16.6. The summed E-state index contributed by atoms with van der Waals surface area (Å²) in [6.45, 7) is 6.63. The molecule has 1 aromatic heterocycles. The Morgan fingerprint density at radius 3 is 2.67 bits per heavy atom. The van der Waals surface area contributed by atoms with Gasteiger partial charge >= 0.3 is 0 Å². The van der Waals surface area contributed by atoms with Crippen molar-refractivity contribution >= 4 is 28.3 Å². The fourth-order valence-electron chi connectivity index (χ4n) is 4.43. The Kier molecular flexibility index (Phi) is 7.62. The molecule has 1 fully saturated rings. The topological polar surface area (TPSA) is 124 Å². The van der Waals surface area contributed by atoms with Crippen LogP contribution in [0.3, 0.4) is 0 Å². The van der Waals surface area contributed by atoms with Gasteiger partial charge in [0, 0.05) is 29.6 Å². The minimum atomic E-state index is -0.575. The van der Waals surface area contributed by atoms with Gasteiger partial charge in [0.1, 0.15) is 5.69 Å². The SMILES string of the molecule is C=C(C#N)CNc1c(C(N)=O)ccc2ccc(-c3cccc(C(=O)NCC4CCN(C)CC4)n3)cc12. The molecule has 2 heterocycles. The summed E-state index contributed by atoms with van der Waals surface area (Å²) in [5, 5.41) is 16.9. The molecule has 8 heteroatoms. The number of nitrogens with one attached hydrogen (secondary N) is 2. The molecule has 1 aliphatic heterocycles. The van der Waals surface area contributed by atoms with E-state index in [0.717, 1.165) is 42.3 Å². The predicted octanol–water partition coefficient (Wildman–Crippen LogP) is 3.56. The number of primary amides is 1. The first-order valence-corrected chi connectivity index (χ1v) is 12.0. The number of nitrogens with two attached hydrogens (primary N) is 1. The molecule has 4 N–H and O–H groups in total. The lowest BCUT2D eigenvalue weighted by Crippen LogP contribution is -2.37. The summed E-state index contributed by atoms with van der Waals surface area (Å²) >= 11 is 0. The van der Waals surface area contributed by atoms with E-state index in [1.807, 2.05) is 42.5 Å². The van der Waals surface area contributed by atoms with Gasteiger partial charge in [-0.15, -0.1) is 0 Å². The van der Waals surface area contributed by atoms with Crippen molar-refractivity contribution in [1.29, 1.82) is 5.26 Å². The fourth-order valence-corrected chi connectivity index (χ4v) is 4.43. The molecule has 36 heavy (non-hydrogen) atoms. The average Bonchev–Trinajstić information content (AvgIpc) is 2.90. The lowest BCUT2D eigenvalue weighted by Gasteiger charge is -2.28. The van der Waals surface area contributed by atoms with Gasteiger partial charge in [0.2, 0.25) is 0 Å². The molecule has 4 rings (SSSR count). The summed E-state index contributed by atoms with van der Waals surface area (Å²) in [4.78, 5) is 31.8. The van der Waals surface area contributed by atoms with Gasteiger partial charge < -0.3 is 21.3 Å². The molecule has 184 valence electrons. The zero-order chi connectivity index (χ0) is 25.7. The first-order chi connectivity index (χ1) is 17.4. The Morgan fingerprint density at radius 1 is 1.19 bits per heavy atom. The van der Waals surface area contributed by atoms with E-state index in [-0.39, 0.29) is 12.5 Å². The van der Waals surface area contributed by atoms with Gasteiger partial charge in [0.05, 0.1) is 23.0 Å². The quantitative estimate of drug-likeness (QED) is 0.422. The lowest BCUT2D eigenvalue weighted by molar-refractivity contribution is 0.0933. The Labute approximate surface area is 210 Å². The number of hydrogen-bond acceptors (Lipinski definition) is 6. The Hall–Kier alpha value is -4.22. The van der Waals surface area contributed by atoms with Crippen LogP contribution >= 0.6 is 0 Å². The molecular formula is C28H30N6O2. The number of rotatable bonds is 8. The predicted molar refractivity (Wildman–Crippen MR) is 141 cm³/mol. The van der Waals surface area contributed by atoms with E-state index in [4.69, 9.17) is 11.0 Å². The molecule has 0 aliphatic carbocycles. The number of amides is 2. The number of hydrogen-bond donors (Lipinski definition) is 3. The third-order valence-corrected chi connectivity index (χ3v) is 6.59. The molecule has 8 nitrogen and oxygen atoms in total. The molecule has 0 atom stereocenters. The molecule has 2 amide bonds. The monoisotopic (exact) mass is 482 g/mol. The Bertz CT molecular complexity index is 1350. The summed E-state index contributed by atoms with van der Waals surface area (Å²) < 4.78 is 0. The third kappa shape index (κ3) is 5.70. The largest absolute Gasteiger partial charge is 0.379 e. The summed E-state index contributed by atoms with van der Waals surface area (Å²) in [5.41, 5.74) is 8.58. The maximum absolute atomic E-state index is 12.8. The van der Waals surface area contributed by atoms with E-state index in [0.29, 0.717) is 40.7 Å². The number of carbonyl (C=O) groups is 2. The highest BCUT2D eigenvalue weighted by molar-refractivity contribution is 6.08. The molecule has 0 radical (unpaired) electrons. The van der Waals surface area contributed by atoms with Gasteiger partial charge in [-0.1, -0.05) is 30.8 Å². The second-order valence-corrected chi connectivity index (χ2v) is 9.22. The Balaban J connectivity index is 1.60. The molecule has 1 saturated heterocycles. The second-order valence-electron chi connectivity index (χ2n) is 9.22. The van der Waals surface area contributed by atoms with E-state index >= 15 is 0 Å². The molecule has 1 aliphatic rings. The van der Waals surface area contributed by atoms with Crippen LogP contribution in [0.1, 0.15) is 33.7 Å². The van der Waals surface area contributed by atoms with Crippen molar-refractivity contribution < 1.29 is 9.59 Å². The minimum absolute atomic E-state index is 0.186. The van der Waals surface area contributed by atoms with Gasteiger partial charge in [0.15, 0.2) is 0 Å². The number of carbonyl (C=O) groups excluding carboxylic acids is 2. The van der Waals surface area contributed by atoms with Crippen LogP contribution in [0.2, 0.25) is 0 Å². The van der Waals surface area contributed by atoms with Gasteiger partial charge in [-0.3, -0.25) is 9.59 Å². The highest BCUT2D eigenvalue weighted by atomic mass is 16.2. The van der Waals surface area contributed by atoms with Gasteiger partial charge in [-0.2, -0.15) is 5.26 Å². The van der Waals surface area contributed by atoms with Crippen LogP contribution < -0.4 is 16.4 Å². The minimum Gasteiger partial charge on any atom is -0.379 e. The standard InChI is InChI=1S/C28H30N6O2/c1-18(15-29)16-31-26-22(27(30)35)9-8-20-6-7-21(14-23(20)26)24-4-3-5-25(33-24)28(36)32-17-19-10-12-34(2)13-11-19/h3-9,14,19,31H,1,10-13,16-17H2,2H3,(H2,30,35)(H,32,36). The first kappa shape index (κ1) is 24.9. The van der Waals surface area contributed by atoms with Crippen LogP contribution in [-0.4, -0.2) is 54.9 Å². The van der Waals surface area contributed by atoms with Crippen LogP contribution in [0, 0.1) is 17.2 Å². The van der Waals surface area contributed by atoms with Crippen LogP contribution in [0.5, 0.6) is 0 Å². The van der Waals surface area contributed by atoms with Crippen LogP contribution in [0.4, 0.5) is 5.69 Å². The van der Waals surface area contributed by atoms with E-state index in [1.54, 1.807) is 12.1 Å². The van der Waals surface area contributed by atoms with Crippen molar-refractivity contribution in [3.8, 4) is 17.3 Å². The summed E-state index contributed by atoms with van der Waals surface area (Å²) in [5.74, 6) is -0.282. The number of pyridine rings is 1. The van der Waals surface area contributed by atoms with E-state index in [9.17, 15) is 9.59 Å². The maximum atomic E-state index is 12.8. The van der Waals surface area contributed by atoms with Crippen molar-refractivity contribution in [3.05, 3.63) is 71.9 Å². The summed E-state index contributed by atoms with van der Waals surface area (Å²) in [6.07, 6.45) is 2.15. The molecule has 3 aromatic rings. The molecule has 0 unspecified atom stereocenters. The number of piperidine rings is 1. The van der Waals surface area contributed by atoms with Crippen molar-refractivity contribution in [2.45, 2.75) is 12.8 Å². The van der Waals surface area contributed by atoms with Crippen LogP contribution in [0.15, 0.2) is 60.7 Å². The number of nitriles is 1. The number of fused-ring (bicyclic) bond motifs is 1. The summed E-state index contributed by atoms with van der Waals surface area (Å²) in [7, 11) is 2.12. The zero-order valence-corrected chi connectivity index (χ0v) is 20.4. The Morgan fingerprint density at radius 2 is 1.94 bits per heavy atom. The van der Waals surface area contributed by atoms with Crippen molar-refractivity contribution in [2.75, 3.05) is 38.5 Å². The van der Waals surface area contributed by atoms with Crippen molar-refractivity contribution in [2.24, 2.45) is 11.7 Å². The van der Waals surface area contributed by atoms with Crippen LogP contribution in [-0.2, 0) is 0 Å². The van der Waals surface area contributed by atoms with E-state index in [1.165, 1.54) is 0 Å². The highest BCUT2D eigenvalue weighted by Gasteiger charge is 2.18. The van der Waals surface area contributed by atoms with E-state index < -0.39 is 5.91 Å².